The summed E-state index contributed by atoms with van der Waals surface area (Å²) in [6.45, 7) is 12.5. The highest BCUT2D eigenvalue weighted by molar-refractivity contribution is 6.03. The smallest absolute Gasteiger partial charge is 0.337 e. The largest absolute Gasteiger partial charge is 0.465 e. The summed E-state index contributed by atoms with van der Waals surface area (Å²) in [5, 5.41) is 5.42. The Balaban J connectivity index is 3.11. The number of anilines is 2. The minimum atomic E-state index is -0.716. The molecule has 8 nitrogen and oxygen atoms in total. The van der Waals surface area contributed by atoms with E-state index in [0.29, 0.717) is 6.42 Å². The van der Waals surface area contributed by atoms with Crippen LogP contribution in [0.15, 0.2) is 43.5 Å². The molecule has 0 radical (unpaired) electrons. The van der Waals surface area contributed by atoms with Gasteiger partial charge in [-0.15, -0.1) is 13.2 Å². The highest BCUT2D eigenvalue weighted by atomic mass is 16.6. The fourth-order valence-corrected chi connectivity index (χ4v) is 2.75. The monoisotopic (exact) mass is 444 g/mol. The second-order valence-electron chi connectivity index (χ2n) is 8.13. The lowest BCUT2D eigenvalue weighted by Crippen LogP contribution is -2.30. The first-order valence-corrected chi connectivity index (χ1v) is 10.3. The number of carbonyl (C=O) groups is 4. The van der Waals surface area contributed by atoms with Crippen molar-refractivity contribution >= 4 is 35.1 Å². The lowest BCUT2D eigenvalue weighted by molar-refractivity contribution is -0.157. The van der Waals surface area contributed by atoms with Gasteiger partial charge >= 0.3 is 11.9 Å². The molecule has 32 heavy (non-hydrogen) atoms. The molecule has 0 heterocycles. The van der Waals surface area contributed by atoms with Gasteiger partial charge in [0.2, 0.25) is 11.8 Å². The van der Waals surface area contributed by atoms with Crippen LogP contribution in [-0.4, -0.2) is 36.5 Å². The van der Waals surface area contributed by atoms with Gasteiger partial charge in [-0.05, 0) is 51.8 Å². The third kappa shape index (κ3) is 9.16. The number of benzene rings is 1. The number of esters is 2. The van der Waals surface area contributed by atoms with E-state index < -0.39 is 29.4 Å². The molecule has 0 spiro atoms. The Morgan fingerprint density at radius 2 is 1.75 bits per heavy atom. The molecule has 1 aromatic carbocycles. The summed E-state index contributed by atoms with van der Waals surface area (Å²) in [6, 6.07) is 4.38. The van der Waals surface area contributed by atoms with Crippen molar-refractivity contribution in [1.29, 1.82) is 0 Å². The van der Waals surface area contributed by atoms with Gasteiger partial charge in [-0.1, -0.05) is 12.2 Å². The number of rotatable bonds is 11. The maximum absolute atomic E-state index is 12.9. The lowest BCUT2D eigenvalue weighted by atomic mass is 9.99. The van der Waals surface area contributed by atoms with Crippen LogP contribution in [0.4, 0.5) is 11.4 Å². The lowest BCUT2D eigenvalue weighted by Gasteiger charge is -2.22. The first kappa shape index (κ1) is 26.6. The molecule has 0 saturated heterocycles. The maximum atomic E-state index is 12.9. The normalized spacial score (nSPS) is 11.6. The van der Waals surface area contributed by atoms with Crippen LogP contribution in [0.3, 0.4) is 0 Å². The number of amides is 2. The Kier molecular flexibility index (Phi) is 10.3. The van der Waals surface area contributed by atoms with Crippen molar-refractivity contribution in [2.24, 2.45) is 5.92 Å². The van der Waals surface area contributed by atoms with E-state index >= 15 is 0 Å². The van der Waals surface area contributed by atoms with Crippen LogP contribution < -0.4 is 10.6 Å². The third-order valence-corrected chi connectivity index (χ3v) is 4.20. The van der Waals surface area contributed by atoms with Gasteiger partial charge in [-0.3, -0.25) is 14.4 Å². The van der Waals surface area contributed by atoms with E-state index in [4.69, 9.17) is 9.47 Å². The molecular weight excluding hydrogens is 412 g/mol. The standard InChI is InChI=1S/C24H32N2O6/c1-7-9-11-20(27)25-19-14-17(23(30)31-6)12-13-18(19)26-22(29)16(10-8-2)15-21(28)32-24(3,4)5/h7-8,12-14,16H,1-2,9-11,15H2,3-6H3,(H,25,27)(H,26,29)/t16-/m1/s1. The van der Waals surface area contributed by atoms with Crippen LogP contribution in [0.1, 0.15) is 56.8 Å². The highest BCUT2D eigenvalue weighted by Crippen LogP contribution is 2.26. The van der Waals surface area contributed by atoms with E-state index in [2.05, 4.69) is 23.8 Å². The van der Waals surface area contributed by atoms with Gasteiger partial charge in [0, 0.05) is 6.42 Å². The minimum Gasteiger partial charge on any atom is -0.465 e. The summed E-state index contributed by atoms with van der Waals surface area (Å²) in [4.78, 5) is 49.2. The summed E-state index contributed by atoms with van der Waals surface area (Å²) < 4.78 is 10.0. The van der Waals surface area contributed by atoms with Crippen molar-refractivity contribution in [2.45, 2.75) is 52.1 Å². The molecule has 2 amide bonds. The van der Waals surface area contributed by atoms with Gasteiger partial charge in [0.15, 0.2) is 0 Å². The second-order valence-corrected chi connectivity index (χ2v) is 8.13. The molecule has 0 fully saturated rings. The van der Waals surface area contributed by atoms with Crippen molar-refractivity contribution in [2.75, 3.05) is 17.7 Å². The highest BCUT2D eigenvalue weighted by Gasteiger charge is 2.25. The van der Waals surface area contributed by atoms with Gasteiger partial charge < -0.3 is 20.1 Å². The predicted molar refractivity (Wildman–Crippen MR) is 123 cm³/mol. The van der Waals surface area contributed by atoms with E-state index in [0.717, 1.165) is 0 Å². The van der Waals surface area contributed by atoms with Gasteiger partial charge in [0.05, 0.1) is 36.4 Å². The zero-order valence-corrected chi connectivity index (χ0v) is 19.2. The molecule has 0 bridgehead atoms. The summed E-state index contributed by atoms with van der Waals surface area (Å²) in [6.07, 6.45) is 3.96. The molecule has 0 unspecified atom stereocenters. The van der Waals surface area contributed by atoms with Gasteiger partial charge in [0.1, 0.15) is 5.60 Å². The van der Waals surface area contributed by atoms with Crippen LogP contribution in [-0.2, 0) is 23.9 Å². The van der Waals surface area contributed by atoms with Crippen molar-refractivity contribution < 1.29 is 28.7 Å². The summed E-state index contributed by atoms with van der Waals surface area (Å²) >= 11 is 0. The van der Waals surface area contributed by atoms with Crippen molar-refractivity contribution in [1.82, 2.24) is 0 Å². The number of methoxy groups -OCH3 is 1. The zero-order valence-electron chi connectivity index (χ0n) is 19.2. The molecule has 0 aliphatic heterocycles. The number of carbonyl (C=O) groups excluding carboxylic acids is 4. The quantitative estimate of drug-likeness (QED) is 0.390. The fourth-order valence-electron chi connectivity index (χ4n) is 2.75. The second kappa shape index (κ2) is 12.4. The fraction of sp³-hybridized carbons (Fsp3) is 0.417. The van der Waals surface area contributed by atoms with Crippen molar-refractivity contribution in [3.05, 3.63) is 49.1 Å². The van der Waals surface area contributed by atoms with Gasteiger partial charge in [-0.25, -0.2) is 4.79 Å². The molecule has 1 atom stereocenters. The van der Waals surface area contributed by atoms with E-state index in [1.807, 2.05) is 0 Å². The number of hydrogen-bond donors (Lipinski definition) is 2. The third-order valence-electron chi connectivity index (χ3n) is 4.20. The molecule has 0 aromatic heterocycles. The Labute approximate surface area is 189 Å². The van der Waals surface area contributed by atoms with Gasteiger partial charge in [0.25, 0.3) is 0 Å². The zero-order chi connectivity index (χ0) is 24.3. The van der Waals surface area contributed by atoms with Crippen LogP contribution in [0, 0.1) is 5.92 Å². The van der Waals surface area contributed by atoms with Crippen LogP contribution in [0.5, 0.6) is 0 Å². The SMILES string of the molecule is C=CCCC(=O)Nc1cc(C(=O)OC)ccc1NC(=O)[C@H](CC=C)CC(=O)OC(C)(C)C. The first-order chi connectivity index (χ1) is 15.0. The van der Waals surface area contributed by atoms with E-state index in [9.17, 15) is 19.2 Å². The molecule has 0 aliphatic rings. The van der Waals surface area contributed by atoms with E-state index in [1.54, 1.807) is 32.9 Å². The average Bonchev–Trinajstić information content (AvgIpc) is 2.71. The summed E-state index contributed by atoms with van der Waals surface area (Å²) in [7, 11) is 1.25. The Morgan fingerprint density at radius 1 is 1.06 bits per heavy atom. The van der Waals surface area contributed by atoms with Crippen LogP contribution >= 0.6 is 0 Å². The number of ether oxygens (including phenoxy) is 2. The van der Waals surface area contributed by atoms with E-state index in [-0.39, 0.29) is 42.1 Å². The Bertz CT molecular complexity index is 870. The average molecular weight is 445 g/mol. The molecule has 0 saturated carbocycles. The molecule has 2 N–H and O–H groups in total. The van der Waals surface area contributed by atoms with Crippen molar-refractivity contribution in [3.8, 4) is 0 Å². The van der Waals surface area contributed by atoms with Gasteiger partial charge in [-0.2, -0.15) is 0 Å². The molecular formula is C24H32N2O6. The predicted octanol–water partition coefficient (Wildman–Crippen LogP) is 4.24. The molecule has 1 aromatic rings. The molecule has 8 heteroatoms. The van der Waals surface area contributed by atoms with E-state index in [1.165, 1.54) is 25.3 Å². The number of allylic oxidation sites excluding steroid dienone is 2. The number of hydrogen-bond acceptors (Lipinski definition) is 6. The Morgan fingerprint density at radius 3 is 2.31 bits per heavy atom. The maximum Gasteiger partial charge on any atom is 0.337 e. The Hall–Kier alpha value is -3.42. The molecule has 0 aliphatic carbocycles. The molecule has 1 rings (SSSR count). The topological polar surface area (TPSA) is 111 Å². The first-order valence-electron chi connectivity index (χ1n) is 10.3. The molecule has 174 valence electrons. The number of nitrogens with one attached hydrogen (secondary N) is 2. The summed E-state index contributed by atoms with van der Waals surface area (Å²) in [5.74, 6) is -2.55. The minimum absolute atomic E-state index is 0.129. The van der Waals surface area contributed by atoms with Crippen molar-refractivity contribution in [3.63, 3.8) is 0 Å². The summed E-state index contributed by atoms with van der Waals surface area (Å²) in [5.41, 5.74) is 0.0672. The van der Waals surface area contributed by atoms with Crippen LogP contribution in [0.25, 0.3) is 0 Å². The van der Waals surface area contributed by atoms with Crippen LogP contribution in [0.2, 0.25) is 0 Å².